The summed E-state index contributed by atoms with van der Waals surface area (Å²) in [6.07, 6.45) is 4.21. The zero-order valence-electron chi connectivity index (χ0n) is 15.0. The lowest BCUT2D eigenvalue weighted by Crippen LogP contribution is -2.33. The Hall–Kier alpha value is -2.99. The number of amides is 1. The van der Waals surface area contributed by atoms with Crippen molar-refractivity contribution in [3.05, 3.63) is 82.3 Å². The molecule has 3 heterocycles. The van der Waals surface area contributed by atoms with Crippen LogP contribution in [0, 0.1) is 0 Å². The summed E-state index contributed by atoms with van der Waals surface area (Å²) >= 11 is 1.70. The predicted molar refractivity (Wildman–Crippen MR) is 108 cm³/mol. The van der Waals surface area contributed by atoms with Gasteiger partial charge in [-0.1, -0.05) is 36.4 Å². The fraction of sp³-hybridized carbons (Fsp3) is 0.190. The van der Waals surface area contributed by atoms with E-state index in [4.69, 9.17) is 0 Å². The fourth-order valence-corrected chi connectivity index (χ4v) is 3.89. The van der Waals surface area contributed by atoms with Gasteiger partial charge in [-0.25, -0.2) is 9.67 Å². The van der Waals surface area contributed by atoms with E-state index in [1.807, 2.05) is 41.9 Å². The van der Waals surface area contributed by atoms with Crippen LogP contribution in [-0.4, -0.2) is 26.7 Å². The van der Waals surface area contributed by atoms with Crippen molar-refractivity contribution in [1.82, 2.24) is 20.1 Å². The van der Waals surface area contributed by atoms with Crippen LogP contribution in [0.25, 0.3) is 11.0 Å². The molecule has 0 aliphatic rings. The third kappa shape index (κ3) is 4.06. The summed E-state index contributed by atoms with van der Waals surface area (Å²) in [7, 11) is 0. The van der Waals surface area contributed by atoms with Crippen LogP contribution in [0.2, 0.25) is 0 Å². The van der Waals surface area contributed by atoms with E-state index in [1.54, 1.807) is 23.7 Å². The van der Waals surface area contributed by atoms with E-state index in [9.17, 15) is 4.79 Å². The summed E-state index contributed by atoms with van der Waals surface area (Å²) < 4.78 is 1.85. The topological polar surface area (TPSA) is 59.8 Å². The molecule has 0 radical (unpaired) electrons. The minimum absolute atomic E-state index is 0.0626. The lowest BCUT2D eigenvalue weighted by molar-refractivity contribution is 0.0940. The Morgan fingerprint density at radius 3 is 2.81 bits per heavy atom. The van der Waals surface area contributed by atoms with E-state index in [-0.39, 0.29) is 11.9 Å². The molecule has 6 heteroatoms. The number of rotatable bonds is 6. The monoisotopic (exact) mass is 376 g/mol. The van der Waals surface area contributed by atoms with Gasteiger partial charge >= 0.3 is 0 Å². The van der Waals surface area contributed by atoms with Gasteiger partial charge in [0, 0.05) is 28.9 Å². The minimum Gasteiger partial charge on any atom is -0.349 e. The van der Waals surface area contributed by atoms with Crippen molar-refractivity contribution in [3.8, 4) is 0 Å². The molecular formula is C21H20N4OS. The molecule has 0 aliphatic heterocycles. The Balaban J connectivity index is 1.47. The van der Waals surface area contributed by atoms with Gasteiger partial charge in [0.05, 0.1) is 18.3 Å². The van der Waals surface area contributed by atoms with Gasteiger partial charge in [-0.3, -0.25) is 4.79 Å². The Labute approximate surface area is 161 Å². The molecule has 0 bridgehead atoms. The van der Waals surface area contributed by atoms with Crippen LogP contribution in [0.4, 0.5) is 0 Å². The second-order valence-electron chi connectivity index (χ2n) is 6.58. The summed E-state index contributed by atoms with van der Waals surface area (Å²) in [4.78, 5) is 18.3. The molecule has 4 rings (SSSR count). The summed E-state index contributed by atoms with van der Waals surface area (Å²) in [5, 5.41) is 10.4. The average Bonchev–Trinajstić information content (AvgIpc) is 3.32. The van der Waals surface area contributed by atoms with Gasteiger partial charge in [0.15, 0.2) is 5.65 Å². The largest absolute Gasteiger partial charge is 0.349 e. The maximum Gasteiger partial charge on any atom is 0.253 e. The van der Waals surface area contributed by atoms with Crippen LogP contribution in [0.3, 0.4) is 0 Å². The maximum absolute atomic E-state index is 12.6. The minimum atomic E-state index is -0.107. The molecule has 1 N–H and O–H groups in total. The van der Waals surface area contributed by atoms with E-state index in [0.717, 1.165) is 23.0 Å². The predicted octanol–water partition coefficient (Wildman–Crippen LogP) is 3.90. The van der Waals surface area contributed by atoms with Crippen molar-refractivity contribution in [2.75, 3.05) is 0 Å². The SMILES string of the molecule is CC(Cc1cccs1)NC(=O)c1cnc2c(cnn2Cc2ccccc2)c1. The van der Waals surface area contributed by atoms with E-state index in [0.29, 0.717) is 12.1 Å². The van der Waals surface area contributed by atoms with Crippen molar-refractivity contribution >= 4 is 28.3 Å². The van der Waals surface area contributed by atoms with Crippen LogP contribution < -0.4 is 5.32 Å². The Bertz CT molecular complexity index is 1040. The highest BCUT2D eigenvalue weighted by atomic mass is 32.1. The third-order valence-electron chi connectivity index (χ3n) is 4.38. The number of hydrogen-bond donors (Lipinski definition) is 1. The van der Waals surface area contributed by atoms with Gasteiger partial charge in [0.1, 0.15) is 0 Å². The van der Waals surface area contributed by atoms with E-state index >= 15 is 0 Å². The number of pyridine rings is 1. The molecule has 3 aromatic heterocycles. The standard InChI is InChI=1S/C21H20N4OS/c1-15(10-19-8-5-9-27-19)24-21(26)18-11-17-13-23-25(20(17)22-12-18)14-16-6-3-2-4-7-16/h2-9,11-13,15H,10,14H2,1H3,(H,24,26). The lowest BCUT2D eigenvalue weighted by atomic mass is 10.1. The normalized spacial score (nSPS) is 12.2. The second-order valence-corrected chi connectivity index (χ2v) is 7.61. The van der Waals surface area contributed by atoms with Crippen LogP contribution in [-0.2, 0) is 13.0 Å². The van der Waals surface area contributed by atoms with Crippen LogP contribution in [0.5, 0.6) is 0 Å². The average molecular weight is 376 g/mol. The quantitative estimate of drug-likeness (QED) is 0.555. The van der Waals surface area contributed by atoms with E-state index < -0.39 is 0 Å². The van der Waals surface area contributed by atoms with Crippen molar-refractivity contribution in [3.63, 3.8) is 0 Å². The number of benzene rings is 1. The third-order valence-corrected chi connectivity index (χ3v) is 5.28. The molecule has 0 spiro atoms. The Kier molecular flexibility index (Phi) is 4.98. The first-order valence-electron chi connectivity index (χ1n) is 8.88. The molecule has 1 amide bonds. The molecule has 1 atom stereocenters. The first kappa shape index (κ1) is 17.4. The van der Waals surface area contributed by atoms with Gasteiger partial charge in [0.2, 0.25) is 0 Å². The molecule has 1 unspecified atom stereocenters. The Morgan fingerprint density at radius 1 is 1.19 bits per heavy atom. The maximum atomic E-state index is 12.6. The number of fused-ring (bicyclic) bond motifs is 1. The van der Waals surface area contributed by atoms with E-state index in [1.165, 1.54) is 4.88 Å². The van der Waals surface area contributed by atoms with E-state index in [2.05, 4.69) is 39.0 Å². The highest BCUT2D eigenvalue weighted by molar-refractivity contribution is 7.09. The number of thiophene rings is 1. The fourth-order valence-electron chi connectivity index (χ4n) is 3.06. The van der Waals surface area contributed by atoms with Crippen LogP contribution in [0.15, 0.2) is 66.3 Å². The number of aromatic nitrogens is 3. The highest BCUT2D eigenvalue weighted by Gasteiger charge is 2.13. The molecule has 0 fully saturated rings. The zero-order valence-corrected chi connectivity index (χ0v) is 15.8. The molecule has 4 aromatic rings. The first-order chi connectivity index (χ1) is 13.2. The van der Waals surface area contributed by atoms with Crippen molar-refractivity contribution in [2.24, 2.45) is 0 Å². The lowest BCUT2D eigenvalue weighted by Gasteiger charge is -2.13. The second kappa shape index (κ2) is 7.72. The molecule has 136 valence electrons. The smallest absolute Gasteiger partial charge is 0.253 e. The van der Waals surface area contributed by atoms with Crippen molar-refractivity contribution < 1.29 is 4.79 Å². The van der Waals surface area contributed by atoms with Gasteiger partial charge in [-0.05, 0) is 30.0 Å². The number of carbonyl (C=O) groups excluding carboxylic acids is 1. The number of carbonyl (C=O) groups is 1. The highest BCUT2D eigenvalue weighted by Crippen LogP contribution is 2.15. The molecule has 0 aliphatic carbocycles. The molecule has 0 saturated carbocycles. The van der Waals surface area contributed by atoms with Gasteiger partial charge in [-0.2, -0.15) is 5.10 Å². The number of nitrogens with one attached hydrogen (secondary N) is 1. The van der Waals surface area contributed by atoms with Crippen LogP contribution in [0.1, 0.15) is 27.7 Å². The molecule has 1 aromatic carbocycles. The molecule has 5 nitrogen and oxygen atoms in total. The van der Waals surface area contributed by atoms with Crippen molar-refractivity contribution in [1.29, 1.82) is 0 Å². The molecule has 0 saturated heterocycles. The number of hydrogen-bond acceptors (Lipinski definition) is 4. The summed E-state index contributed by atoms with van der Waals surface area (Å²) in [5.74, 6) is -0.107. The molecule has 27 heavy (non-hydrogen) atoms. The summed E-state index contributed by atoms with van der Waals surface area (Å²) in [5.41, 5.74) is 2.50. The number of nitrogens with zero attached hydrogens (tertiary/aromatic N) is 3. The Morgan fingerprint density at radius 2 is 2.04 bits per heavy atom. The van der Waals surface area contributed by atoms with Crippen molar-refractivity contribution in [2.45, 2.75) is 25.9 Å². The van der Waals surface area contributed by atoms with Gasteiger partial charge < -0.3 is 5.32 Å². The van der Waals surface area contributed by atoms with Crippen LogP contribution >= 0.6 is 11.3 Å². The first-order valence-corrected chi connectivity index (χ1v) is 9.76. The van der Waals surface area contributed by atoms with Gasteiger partial charge in [-0.15, -0.1) is 11.3 Å². The molecular weight excluding hydrogens is 356 g/mol. The summed E-state index contributed by atoms with van der Waals surface area (Å²) in [6.45, 7) is 2.67. The zero-order chi connectivity index (χ0) is 18.6. The van der Waals surface area contributed by atoms with Gasteiger partial charge in [0.25, 0.3) is 5.91 Å². The summed E-state index contributed by atoms with van der Waals surface area (Å²) in [6, 6.07) is 16.2.